The summed E-state index contributed by atoms with van der Waals surface area (Å²) in [6.45, 7) is 1.98. The van der Waals surface area contributed by atoms with Gasteiger partial charge in [-0.2, -0.15) is 13.2 Å². The maximum absolute atomic E-state index is 12.2. The molecule has 2 aromatic carbocycles. The van der Waals surface area contributed by atoms with Gasteiger partial charge in [-0.15, -0.1) is 0 Å². The van der Waals surface area contributed by atoms with Gasteiger partial charge in [-0.1, -0.05) is 54.6 Å². The van der Waals surface area contributed by atoms with Gasteiger partial charge in [0.1, 0.15) is 0 Å². The number of rotatable bonds is 5. The Bertz CT molecular complexity index is 546. The number of benzene rings is 2. The van der Waals surface area contributed by atoms with Gasteiger partial charge in [0, 0.05) is 12.6 Å². The van der Waals surface area contributed by atoms with Crippen molar-refractivity contribution in [2.24, 2.45) is 0 Å². The molecule has 1 N–H and O–H groups in total. The molecular formula is C17H18F3N. The molecule has 0 saturated carbocycles. The summed E-state index contributed by atoms with van der Waals surface area (Å²) < 4.78 is 36.7. The van der Waals surface area contributed by atoms with Crippen LogP contribution in [0.5, 0.6) is 0 Å². The Labute approximate surface area is 122 Å². The van der Waals surface area contributed by atoms with Gasteiger partial charge in [-0.3, -0.25) is 0 Å². The summed E-state index contributed by atoms with van der Waals surface area (Å²) in [5.41, 5.74) is 3.20. The molecule has 2 aromatic rings. The Morgan fingerprint density at radius 3 is 2.05 bits per heavy atom. The minimum absolute atomic E-state index is 0.437. The first kappa shape index (κ1) is 15.6. The van der Waals surface area contributed by atoms with E-state index < -0.39 is 18.6 Å². The summed E-state index contributed by atoms with van der Waals surface area (Å²) >= 11 is 0. The first-order chi connectivity index (χ1) is 9.94. The van der Waals surface area contributed by atoms with Gasteiger partial charge in [0.05, 0.1) is 6.42 Å². The first-order valence-electron chi connectivity index (χ1n) is 6.88. The quantitative estimate of drug-likeness (QED) is 0.836. The van der Waals surface area contributed by atoms with Crippen molar-refractivity contribution >= 4 is 0 Å². The van der Waals surface area contributed by atoms with Gasteiger partial charge in [-0.05, 0) is 23.6 Å². The van der Waals surface area contributed by atoms with E-state index in [9.17, 15) is 13.2 Å². The normalized spacial score (nSPS) is 13.1. The van der Waals surface area contributed by atoms with E-state index in [4.69, 9.17) is 0 Å². The van der Waals surface area contributed by atoms with Crippen molar-refractivity contribution < 1.29 is 13.2 Å². The fraction of sp³-hybridized carbons (Fsp3) is 0.294. The highest BCUT2D eigenvalue weighted by Gasteiger charge is 2.29. The molecule has 21 heavy (non-hydrogen) atoms. The molecule has 0 radical (unpaired) electrons. The molecule has 0 aliphatic heterocycles. The largest absolute Gasteiger partial charge is 0.390 e. The zero-order valence-corrected chi connectivity index (χ0v) is 11.8. The van der Waals surface area contributed by atoms with Gasteiger partial charge in [0.2, 0.25) is 0 Å². The molecule has 1 atom stereocenters. The third-order valence-corrected chi connectivity index (χ3v) is 3.25. The molecule has 0 fully saturated rings. The standard InChI is InChI=1S/C17H18F3N/c1-13(11-17(18,19)20)21-12-14-7-9-16(10-8-14)15-5-3-2-4-6-15/h2-10,13,21H,11-12H2,1H3. The predicted octanol–water partition coefficient (Wildman–Crippen LogP) is 4.78. The van der Waals surface area contributed by atoms with Gasteiger partial charge < -0.3 is 5.32 Å². The van der Waals surface area contributed by atoms with Crippen LogP contribution in [0.4, 0.5) is 13.2 Å². The highest BCUT2D eigenvalue weighted by atomic mass is 19.4. The maximum Gasteiger partial charge on any atom is 0.390 e. The van der Waals surface area contributed by atoms with Crippen LogP contribution < -0.4 is 5.32 Å². The Morgan fingerprint density at radius 1 is 0.905 bits per heavy atom. The molecule has 0 aromatic heterocycles. The molecule has 4 heteroatoms. The molecule has 0 heterocycles. The summed E-state index contributed by atoms with van der Waals surface area (Å²) in [4.78, 5) is 0. The van der Waals surface area contributed by atoms with E-state index in [-0.39, 0.29) is 0 Å². The topological polar surface area (TPSA) is 12.0 Å². The molecule has 0 aliphatic carbocycles. The third-order valence-electron chi connectivity index (χ3n) is 3.25. The summed E-state index contributed by atoms with van der Waals surface area (Å²) in [7, 11) is 0. The second-order valence-electron chi connectivity index (χ2n) is 5.16. The zero-order valence-electron chi connectivity index (χ0n) is 11.8. The molecule has 2 rings (SSSR count). The van der Waals surface area contributed by atoms with Crippen LogP contribution in [0.3, 0.4) is 0 Å². The van der Waals surface area contributed by atoms with Crippen molar-refractivity contribution in [1.29, 1.82) is 0 Å². The van der Waals surface area contributed by atoms with Crippen LogP contribution in [0.25, 0.3) is 11.1 Å². The molecule has 0 spiro atoms. The van der Waals surface area contributed by atoms with Crippen LogP contribution in [-0.4, -0.2) is 12.2 Å². The van der Waals surface area contributed by atoms with Crippen molar-refractivity contribution in [3.05, 3.63) is 60.2 Å². The number of halogens is 3. The average Bonchev–Trinajstić information content (AvgIpc) is 2.45. The molecule has 1 unspecified atom stereocenters. The van der Waals surface area contributed by atoms with E-state index in [1.54, 1.807) is 6.92 Å². The van der Waals surface area contributed by atoms with Crippen molar-refractivity contribution in [3.63, 3.8) is 0 Å². The Hall–Kier alpha value is -1.81. The fourth-order valence-corrected chi connectivity index (χ4v) is 2.16. The van der Waals surface area contributed by atoms with Crippen molar-refractivity contribution in [2.75, 3.05) is 0 Å². The monoisotopic (exact) mass is 293 g/mol. The Kier molecular flexibility index (Phi) is 5.02. The average molecular weight is 293 g/mol. The Balaban J connectivity index is 1.91. The fourth-order valence-electron chi connectivity index (χ4n) is 2.16. The van der Waals surface area contributed by atoms with Crippen LogP contribution in [0, 0.1) is 0 Å². The summed E-state index contributed by atoms with van der Waals surface area (Å²) in [6, 6.07) is 17.2. The highest BCUT2D eigenvalue weighted by molar-refractivity contribution is 5.63. The van der Waals surface area contributed by atoms with E-state index in [0.717, 1.165) is 16.7 Å². The van der Waals surface area contributed by atoms with Gasteiger partial charge in [0.25, 0.3) is 0 Å². The lowest BCUT2D eigenvalue weighted by atomic mass is 10.0. The van der Waals surface area contributed by atoms with E-state index >= 15 is 0 Å². The van der Waals surface area contributed by atoms with E-state index in [1.165, 1.54) is 0 Å². The van der Waals surface area contributed by atoms with Crippen LogP contribution in [0.2, 0.25) is 0 Å². The van der Waals surface area contributed by atoms with E-state index in [2.05, 4.69) is 5.32 Å². The van der Waals surface area contributed by atoms with E-state index in [1.807, 2.05) is 54.6 Å². The maximum atomic E-state index is 12.2. The summed E-state index contributed by atoms with van der Waals surface area (Å²) in [6.07, 6.45) is -4.93. The molecule has 112 valence electrons. The SMILES string of the molecule is CC(CC(F)(F)F)NCc1ccc(-c2ccccc2)cc1. The lowest BCUT2D eigenvalue weighted by Gasteiger charge is -2.16. The lowest BCUT2D eigenvalue weighted by Crippen LogP contribution is -2.30. The minimum Gasteiger partial charge on any atom is -0.310 e. The van der Waals surface area contributed by atoms with Crippen LogP contribution in [-0.2, 0) is 6.54 Å². The smallest absolute Gasteiger partial charge is 0.310 e. The third kappa shape index (κ3) is 5.23. The van der Waals surface area contributed by atoms with Crippen molar-refractivity contribution in [3.8, 4) is 11.1 Å². The summed E-state index contributed by atoms with van der Waals surface area (Å²) in [5, 5.41) is 2.89. The molecule has 0 amide bonds. The molecule has 0 aliphatic rings. The van der Waals surface area contributed by atoms with Gasteiger partial charge in [0.15, 0.2) is 0 Å². The molecule has 1 nitrogen and oxygen atoms in total. The van der Waals surface area contributed by atoms with Crippen LogP contribution in [0.15, 0.2) is 54.6 Å². The van der Waals surface area contributed by atoms with E-state index in [0.29, 0.717) is 6.54 Å². The van der Waals surface area contributed by atoms with Crippen LogP contribution in [0.1, 0.15) is 18.9 Å². The number of alkyl halides is 3. The minimum atomic E-state index is -4.12. The van der Waals surface area contributed by atoms with Gasteiger partial charge >= 0.3 is 6.18 Å². The lowest BCUT2D eigenvalue weighted by molar-refractivity contribution is -0.139. The second kappa shape index (κ2) is 6.76. The number of nitrogens with one attached hydrogen (secondary N) is 1. The predicted molar refractivity (Wildman–Crippen MR) is 78.9 cm³/mol. The molecular weight excluding hydrogens is 275 g/mol. The van der Waals surface area contributed by atoms with Crippen LogP contribution >= 0.6 is 0 Å². The van der Waals surface area contributed by atoms with Gasteiger partial charge in [-0.25, -0.2) is 0 Å². The number of hydrogen-bond donors (Lipinski definition) is 1. The Morgan fingerprint density at radius 2 is 1.48 bits per heavy atom. The second-order valence-corrected chi connectivity index (χ2v) is 5.16. The summed E-state index contributed by atoms with van der Waals surface area (Å²) in [5.74, 6) is 0. The first-order valence-corrected chi connectivity index (χ1v) is 6.88. The van der Waals surface area contributed by atoms with Crippen molar-refractivity contribution in [1.82, 2.24) is 5.32 Å². The molecule has 0 bridgehead atoms. The highest BCUT2D eigenvalue weighted by Crippen LogP contribution is 2.22. The van der Waals surface area contributed by atoms with Crippen molar-refractivity contribution in [2.45, 2.75) is 32.1 Å². The zero-order chi connectivity index (χ0) is 15.3. The number of hydrogen-bond acceptors (Lipinski definition) is 1. The molecule has 0 saturated heterocycles.